The Hall–Kier alpha value is -2.63. The predicted octanol–water partition coefficient (Wildman–Crippen LogP) is 3.28. The first-order valence-electron chi connectivity index (χ1n) is 9.67. The number of carbonyl (C=O) groups excluding carboxylic acids is 2. The van der Waals surface area contributed by atoms with Crippen LogP contribution in [0.25, 0.3) is 0 Å². The van der Waals surface area contributed by atoms with Crippen molar-refractivity contribution in [2.75, 3.05) is 19.7 Å². The Morgan fingerprint density at radius 2 is 2.00 bits per heavy atom. The van der Waals surface area contributed by atoms with Gasteiger partial charge in [-0.15, -0.1) is 0 Å². The number of rotatable bonds is 7. The van der Waals surface area contributed by atoms with E-state index in [4.69, 9.17) is 4.74 Å². The molecule has 2 aromatic rings. The first kappa shape index (κ1) is 19.1. The topological polar surface area (TPSA) is 64.4 Å². The van der Waals surface area contributed by atoms with Crippen LogP contribution in [0.2, 0.25) is 0 Å². The molecule has 1 fully saturated rings. The summed E-state index contributed by atoms with van der Waals surface area (Å²) in [7, 11) is 0. The minimum absolute atomic E-state index is 0.00993. The van der Waals surface area contributed by atoms with E-state index in [0.717, 1.165) is 31.8 Å². The Kier molecular flexibility index (Phi) is 6.27. The van der Waals surface area contributed by atoms with Gasteiger partial charge in [-0.2, -0.15) is 0 Å². The molecule has 0 spiro atoms. The smallest absolute Gasteiger partial charge is 0.260 e. The van der Waals surface area contributed by atoms with Crippen LogP contribution in [-0.2, 0) is 11.3 Å². The van der Waals surface area contributed by atoms with E-state index in [9.17, 15) is 9.59 Å². The van der Waals surface area contributed by atoms with Crippen LogP contribution >= 0.6 is 0 Å². The fourth-order valence-electron chi connectivity index (χ4n) is 3.54. The summed E-state index contributed by atoms with van der Waals surface area (Å²) in [5.41, 5.74) is 0.668. The zero-order valence-corrected chi connectivity index (χ0v) is 16.1. The second-order valence-corrected chi connectivity index (χ2v) is 6.84. The number of carbonyl (C=O) groups is 2. The highest BCUT2D eigenvalue weighted by Crippen LogP contribution is 2.26. The quantitative estimate of drug-likeness (QED) is 0.703. The third-order valence-corrected chi connectivity index (χ3v) is 5.09. The predicted molar refractivity (Wildman–Crippen MR) is 103 cm³/mol. The average molecular weight is 369 g/mol. The SMILES string of the molecule is CCC(=O)c1ccc(OCC(=O)N2CCC[C@@H](c3nccn3CC)C2)cc1. The molecule has 1 aromatic heterocycles. The number of nitrogens with zero attached hydrogens (tertiary/aromatic N) is 3. The number of benzene rings is 1. The first-order valence-corrected chi connectivity index (χ1v) is 9.67. The lowest BCUT2D eigenvalue weighted by Crippen LogP contribution is -2.42. The summed E-state index contributed by atoms with van der Waals surface area (Å²) in [6, 6.07) is 6.97. The van der Waals surface area contributed by atoms with Gasteiger partial charge >= 0.3 is 0 Å². The van der Waals surface area contributed by atoms with Gasteiger partial charge in [0.1, 0.15) is 11.6 Å². The number of aromatic nitrogens is 2. The maximum atomic E-state index is 12.6. The number of hydrogen-bond acceptors (Lipinski definition) is 4. The molecule has 2 heterocycles. The molecule has 0 aliphatic carbocycles. The number of ether oxygens (including phenoxy) is 1. The van der Waals surface area contributed by atoms with E-state index >= 15 is 0 Å². The van der Waals surface area contributed by atoms with E-state index in [1.54, 1.807) is 24.3 Å². The van der Waals surface area contributed by atoms with Crippen molar-refractivity contribution in [2.24, 2.45) is 0 Å². The maximum Gasteiger partial charge on any atom is 0.260 e. The molecule has 6 heteroatoms. The van der Waals surface area contributed by atoms with Crippen LogP contribution in [0.4, 0.5) is 0 Å². The lowest BCUT2D eigenvalue weighted by molar-refractivity contribution is -0.134. The molecular formula is C21H27N3O3. The molecule has 144 valence electrons. The molecule has 27 heavy (non-hydrogen) atoms. The highest BCUT2D eigenvalue weighted by atomic mass is 16.5. The van der Waals surface area contributed by atoms with E-state index in [1.807, 2.05) is 24.2 Å². The fourth-order valence-corrected chi connectivity index (χ4v) is 3.54. The van der Waals surface area contributed by atoms with Crippen LogP contribution in [-0.4, -0.2) is 45.8 Å². The van der Waals surface area contributed by atoms with Crippen LogP contribution in [0.15, 0.2) is 36.7 Å². The molecule has 0 bridgehead atoms. The van der Waals surface area contributed by atoms with Crippen molar-refractivity contribution in [2.45, 2.75) is 45.6 Å². The molecule has 1 aromatic carbocycles. The summed E-state index contributed by atoms with van der Waals surface area (Å²) in [4.78, 5) is 30.6. The Bertz CT molecular complexity index is 782. The molecule has 0 N–H and O–H groups in total. The second-order valence-electron chi connectivity index (χ2n) is 6.84. The number of amides is 1. The highest BCUT2D eigenvalue weighted by Gasteiger charge is 2.27. The third kappa shape index (κ3) is 4.56. The van der Waals surface area contributed by atoms with Crippen LogP contribution in [0, 0.1) is 0 Å². The van der Waals surface area contributed by atoms with Gasteiger partial charge in [-0.3, -0.25) is 9.59 Å². The summed E-state index contributed by atoms with van der Waals surface area (Å²) >= 11 is 0. The monoisotopic (exact) mass is 369 g/mol. The molecule has 1 saturated heterocycles. The lowest BCUT2D eigenvalue weighted by atomic mass is 9.97. The molecule has 6 nitrogen and oxygen atoms in total. The maximum absolute atomic E-state index is 12.6. The van der Waals surface area contributed by atoms with Crippen molar-refractivity contribution < 1.29 is 14.3 Å². The van der Waals surface area contributed by atoms with E-state index in [-0.39, 0.29) is 24.2 Å². The zero-order chi connectivity index (χ0) is 19.2. The molecule has 0 saturated carbocycles. The summed E-state index contributed by atoms with van der Waals surface area (Å²) in [5.74, 6) is 2.03. The molecule has 0 radical (unpaired) electrons. The fraction of sp³-hybridized carbons (Fsp3) is 0.476. The number of aryl methyl sites for hydroxylation is 1. The van der Waals surface area contributed by atoms with Gasteiger partial charge in [-0.25, -0.2) is 4.98 Å². The van der Waals surface area contributed by atoms with Gasteiger partial charge in [0.05, 0.1) is 0 Å². The molecule has 1 amide bonds. The normalized spacial score (nSPS) is 17.0. The highest BCUT2D eigenvalue weighted by molar-refractivity contribution is 5.95. The van der Waals surface area contributed by atoms with Crippen molar-refractivity contribution >= 4 is 11.7 Å². The van der Waals surface area contributed by atoms with Crippen LogP contribution in [0.5, 0.6) is 5.75 Å². The number of hydrogen-bond donors (Lipinski definition) is 0. The molecule has 1 atom stereocenters. The number of ketones is 1. The van der Waals surface area contributed by atoms with Crippen LogP contribution in [0.1, 0.15) is 55.2 Å². The minimum Gasteiger partial charge on any atom is -0.484 e. The Morgan fingerprint density at radius 1 is 1.22 bits per heavy atom. The van der Waals surface area contributed by atoms with Crippen molar-refractivity contribution in [3.8, 4) is 5.75 Å². The summed E-state index contributed by atoms with van der Waals surface area (Å²) in [6.45, 7) is 6.28. The average Bonchev–Trinajstić information content (AvgIpc) is 3.21. The summed E-state index contributed by atoms with van der Waals surface area (Å²) in [6.07, 6.45) is 6.32. The van der Waals surface area contributed by atoms with E-state index in [1.165, 1.54) is 0 Å². The van der Waals surface area contributed by atoms with Gasteiger partial charge in [0.15, 0.2) is 12.4 Å². The van der Waals surface area contributed by atoms with Crippen molar-refractivity contribution in [3.05, 3.63) is 48.0 Å². The standard InChI is InChI=1S/C21H27N3O3/c1-3-19(25)16-7-9-18(10-8-16)27-15-20(26)24-12-5-6-17(14-24)21-22-11-13-23(21)4-2/h7-11,13,17H,3-6,12,14-15H2,1-2H3/t17-/m1/s1. The Morgan fingerprint density at radius 3 is 2.70 bits per heavy atom. The van der Waals surface area contributed by atoms with Crippen molar-refractivity contribution in [1.82, 2.24) is 14.5 Å². The summed E-state index contributed by atoms with van der Waals surface area (Å²) in [5, 5.41) is 0. The Balaban J connectivity index is 1.55. The van der Waals surface area contributed by atoms with E-state index in [2.05, 4.69) is 16.5 Å². The summed E-state index contributed by atoms with van der Waals surface area (Å²) < 4.78 is 7.78. The van der Waals surface area contributed by atoms with Gasteiger partial charge in [-0.05, 0) is 44.0 Å². The first-order chi connectivity index (χ1) is 13.1. The van der Waals surface area contributed by atoms with Gasteiger partial charge in [0.2, 0.25) is 0 Å². The molecular weight excluding hydrogens is 342 g/mol. The van der Waals surface area contributed by atoms with Crippen molar-refractivity contribution in [1.29, 1.82) is 0 Å². The van der Waals surface area contributed by atoms with Gasteiger partial charge in [0.25, 0.3) is 5.91 Å². The molecule has 1 aliphatic rings. The molecule has 3 rings (SSSR count). The number of Topliss-reactive ketones (excluding diaryl/α,β-unsaturated/α-hetero) is 1. The van der Waals surface area contributed by atoms with Gasteiger partial charge in [-0.1, -0.05) is 6.92 Å². The van der Waals surface area contributed by atoms with E-state index < -0.39 is 0 Å². The van der Waals surface area contributed by atoms with Gasteiger partial charge in [0, 0.05) is 49.9 Å². The molecule has 0 unspecified atom stereocenters. The Labute approximate surface area is 160 Å². The number of imidazole rings is 1. The van der Waals surface area contributed by atoms with Crippen LogP contribution in [0.3, 0.4) is 0 Å². The third-order valence-electron chi connectivity index (χ3n) is 5.09. The second kappa shape index (κ2) is 8.84. The van der Waals surface area contributed by atoms with E-state index in [0.29, 0.717) is 24.3 Å². The minimum atomic E-state index is -0.0111. The largest absolute Gasteiger partial charge is 0.484 e. The number of likely N-dealkylation sites (tertiary alicyclic amines) is 1. The molecule has 1 aliphatic heterocycles. The zero-order valence-electron chi connectivity index (χ0n) is 16.1. The van der Waals surface area contributed by atoms with Crippen LogP contribution < -0.4 is 4.74 Å². The van der Waals surface area contributed by atoms with Gasteiger partial charge < -0.3 is 14.2 Å². The lowest BCUT2D eigenvalue weighted by Gasteiger charge is -2.32. The van der Waals surface area contributed by atoms with Crippen molar-refractivity contribution in [3.63, 3.8) is 0 Å². The number of piperidine rings is 1.